The second kappa shape index (κ2) is 10.8. The molecule has 1 saturated heterocycles. The molecule has 1 unspecified atom stereocenters. The lowest BCUT2D eigenvalue weighted by atomic mass is 10.0. The molecule has 1 fully saturated rings. The third kappa shape index (κ3) is 6.33. The van der Waals surface area contributed by atoms with E-state index in [1.165, 1.54) is 18.3 Å². The van der Waals surface area contributed by atoms with Gasteiger partial charge in [0, 0.05) is 36.6 Å². The molecule has 12 heteroatoms. The minimum absolute atomic E-state index is 0.0442. The van der Waals surface area contributed by atoms with Crippen molar-refractivity contribution in [2.75, 3.05) is 36.7 Å². The number of nitrogens with one attached hydrogen (secondary N) is 2. The summed E-state index contributed by atoms with van der Waals surface area (Å²) in [6.45, 7) is 1.21. The first kappa shape index (κ1) is 25.9. The number of carbonyl (C=O) groups is 2. The fourth-order valence-corrected chi connectivity index (χ4v) is 4.67. The van der Waals surface area contributed by atoms with Crippen LogP contribution in [-0.4, -0.2) is 62.7 Å². The molecular weight excluding hydrogens is 496 g/mol. The zero-order chi connectivity index (χ0) is 26.6. The van der Waals surface area contributed by atoms with E-state index in [0.717, 1.165) is 19.1 Å². The van der Waals surface area contributed by atoms with Crippen LogP contribution in [0.2, 0.25) is 0 Å². The Labute approximate surface area is 215 Å². The van der Waals surface area contributed by atoms with Crippen LogP contribution in [0, 0.1) is 0 Å². The summed E-state index contributed by atoms with van der Waals surface area (Å²) >= 11 is 0. The number of rotatable bonds is 8. The molecule has 1 atom stereocenters. The number of benzene rings is 2. The Hall–Kier alpha value is -4.19. The molecule has 1 aromatic heterocycles. The number of nitrogens with two attached hydrogens (primary N) is 1. The third-order valence-electron chi connectivity index (χ3n) is 5.97. The van der Waals surface area contributed by atoms with Crippen molar-refractivity contribution < 1.29 is 22.7 Å². The summed E-state index contributed by atoms with van der Waals surface area (Å²) < 4.78 is 28.6. The highest BCUT2D eigenvalue weighted by Crippen LogP contribution is 2.24. The van der Waals surface area contributed by atoms with Crippen molar-refractivity contribution in [1.82, 2.24) is 15.3 Å². The molecule has 37 heavy (non-hydrogen) atoms. The molecule has 2 heterocycles. The van der Waals surface area contributed by atoms with Crippen LogP contribution in [-0.2, 0) is 9.84 Å². The van der Waals surface area contributed by atoms with Gasteiger partial charge in [-0.3, -0.25) is 9.59 Å². The average molecular weight is 525 g/mol. The molecule has 194 valence electrons. The van der Waals surface area contributed by atoms with Gasteiger partial charge in [-0.25, -0.2) is 18.4 Å². The molecule has 0 aliphatic carbocycles. The zero-order valence-corrected chi connectivity index (χ0v) is 21.3. The van der Waals surface area contributed by atoms with E-state index in [1.807, 2.05) is 4.90 Å². The van der Waals surface area contributed by atoms with E-state index in [1.54, 1.807) is 43.5 Å². The van der Waals surface area contributed by atoms with Gasteiger partial charge in [0.15, 0.2) is 21.3 Å². The van der Waals surface area contributed by atoms with Crippen molar-refractivity contribution in [3.05, 3.63) is 66.0 Å². The largest absolute Gasteiger partial charge is 0.497 e. The minimum Gasteiger partial charge on any atom is -0.497 e. The number of ether oxygens (including phenoxy) is 1. The van der Waals surface area contributed by atoms with E-state index in [4.69, 9.17) is 10.5 Å². The molecule has 2 amide bonds. The Morgan fingerprint density at radius 2 is 1.81 bits per heavy atom. The van der Waals surface area contributed by atoms with Gasteiger partial charge >= 0.3 is 0 Å². The zero-order valence-electron chi connectivity index (χ0n) is 20.5. The maximum Gasteiger partial charge on any atom is 0.271 e. The van der Waals surface area contributed by atoms with Crippen LogP contribution in [0.5, 0.6) is 5.75 Å². The summed E-state index contributed by atoms with van der Waals surface area (Å²) in [6.07, 6.45) is 4.23. The molecule has 0 spiro atoms. The predicted octanol–water partition coefficient (Wildman–Crippen LogP) is 2.13. The Balaban J connectivity index is 1.50. The molecule has 0 saturated carbocycles. The number of amides is 2. The lowest BCUT2D eigenvalue weighted by molar-refractivity contribution is 0.0931. The van der Waals surface area contributed by atoms with Crippen LogP contribution in [0.25, 0.3) is 0 Å². The van der Waals surface area contributed by atoms with E-state index in [-0.39, 0.29) is 28.4 Å². The molecule has 4 N–H and O–H groups in total. The molecule has 3 aromatic rings. The molecule has 1 aliphatic rings. The van der Waals surface area contributed by atoms with Gasteiger partial charge in [0.1, 0.15) is 11.6 Å². The van der Waals surface area contributed by atoms with Gasteiger partial charge in [-0.05, 0) is 61.4 Å². The maximum absolute atomic E-state index is 12.7. The SMILES string of the molecule is COc1ccc(C(=O)NC2CCCN(c3cnc(C(N)=O)c(Nc4ccc(S(C)(=O)=O)cc4)n3)C2)cc1. The summed E-state index contributed by atoms with van der Waals surface area (Å²) in [7, 11) is -1.77. The first-order chi connectivity index (χ1) is 17.6. The van der Waals surface area contributed by atoms with E-state index in [2.05, 4.69) is 20.6 Å². The number of sulfone groups is 1. The number of hydrogen-bond acceptors (Lipinski definition) is 9. The van der Waals surface area contributed by atoms with Crippen molar-refractivity contribution in [3.8, 4) is 5.75 Å². The summed E-state index contributed by atoms with van der Waals surface area (Å²) in [5, 5.41) is 6.08. The topological polar surface area (TPSA) is 157 Å². The molecule has 4 rings (SSSR count). The Morgan fingerprint density at radius 3 is 2.43 bits per heavy atom. The third-order valence-corrected chi connectivity index (χ3v) is 7.10. The van der Waals surface area contributed by atoms with Crippen molar-refractivity contribution in [1.29, 1.82) is 0 Å². The van der Waals surface area contributed by atoms with Crippen molar-refractivity contribution in [3.63, 3.8) is 0 Å². The van der Waals surface area contributed by atoms with Crippen LogP contribution >= 0.6 is 0 Å². The molecule has 0 bridgehead atoms. The van der Waals surface area contributed by atoms with E-state index in [9.17, 15) is 18.0 Å². The number of anilines is 3. The molecule has 0 radical (unpaired) electrons. The van der Waals surface area contributed by atoms with Gasteiger partial charge in [-0.2, -0.15) is 0 Å². The number of nitrogens with zero attached hydrogens (tertiary/aromatic N) is 3. The van der Waals surface area contributed by atoms with Gasteiger partial charge in [-0.1, -0.05) is 0 Å². The fourth-order valence-electron chi connectivity index (χ4n) is 4.04. The highest BCUT2D eigenvalue weighted by Gasteiger charge is 2.24. The second-order valence-electron chi connectivity index (χ2n) is 8.70. The van der Waals surface area contributed by atoms with Gasteiger partial charge < -0.3 is 26.0 Å². The van der Waals surface area contributed by atoms with Crippen molar-refractivity contribution >= 4 is 39.0 Å². The predicted molar refractivity (Wildman–Crippen MR) is 139 cm³/mol. The second-order valence-corrected chi connectivity index (χ2v) is 10.7. The number of hydrogen-bond donors (Lipinski definition) is 3. The van der Waals surface area contributed by atoms with Crippen LogP contribution in [0.3, 0.4) is 0 Å². The summed E-state index contributed by atoms with van der Waals surface area (Å²) in [4.78, 5) is 35.6. The maximum atomic E-state index is 12.7. The lowest BCUT2D eigenvalue weighted by Gasteiger charge is -2.34. The monoisotopic (exact) mass is 524 g/mol. The van der Waals surface area contributed by atoms with E-state index < -0.39 is 15.7 Å². The number of primary amides is 1. The highest BCUT2D eigenvalue weighted by atomic mass is 32.2. The first-order valence-corrected chi connectivity index (χ1v) is 13.5. The first-order valence-electron chi connectivity index (χ1n) is 11.6. The highest BCUT2D eigenvalue weighted by molar-refractivity contribution is 7.90. The van der Waals surface area contributed by atoms with Crippen molar-refractivity contribution in [2.24, 2.45) is 5.73 Å². The number of methoxy groups -OCH3 is 1. The van der Waals surface area contributed by atoms with Gasteiger partial charge in [0.05, 0.1) is 18.2 Å². The van der Waals surface area contributed by atoms with Crippen LogP contribution in [0.4, 0.5) is 17.3 Å². The Bertz CT molecular complexity index is 1390. The van der Waals surface area contributed by atoms with Crippen molar-refractivity contribution in [2.45, 2.75) is 23.8 Å². The number of aromatic nitrogens is 2. The summed E-state index contributed by atoms with van der Waals surface area (Å²) in [6, 6.07) is 12.8. The number of carbonyl (C=O) groups excluding carboxylic acids is 2. The van der Waals surface area contributed by atoms with Gasteiger partial charge in [0.2, 0.25) is 0 Å². The smallest absolute Gasteiger partial charge is 0.271 e. The van der Waals surface area contributed by atoms with Gasteiger partial charge in [-0.15, -0.1) is 0 Å². The molecule has 2 aromatic carbocycles. The lowest BCUT2D eigenvalue weighted by Crippen LogP contribution is -2.48. The molecule has 1 aliphatic heterocycles. The van der Waals surface area contributed by atoms with E-state index in [0.29, 0.717) is 35.9 Å². The van der Waals surface area contributed by atoms with Crippen LogP contribution < -0.4 is 26.0 Å². The Morgan fingerprint density at radius 1 is 1.11 bits per heavy atom. The van der Waals surface area contributed by atoms with Crippen LogP contribution in [0.1, 0.15) is 33.7 Å². The summed E-state index contributed by atoms with van der Waals surface area (Å²) in [5.74, 6) is 0.418. The normalized spacial score (nSPS) is 15.6. The average Bonchev–Trinajstić information content (AvgIpc) is 2.88. The molecular formula is C25H28N6O5S. The van der Waals surface area contributed by atoms with E-state index >= 15 is 0 Å². The molecule has 11 nitrogen and oxygen atoms in total. The fraction of sp³-hybridized carbons (Fsp3) is 0.280. The minimum atomic E-state index is -3.34. The standard InChI is InChI=1S/C25H28N6O5S/c1-36-19-9-5-16(6-10-19)25(33)29-18-4-3-13-31(15-18)21-14-27-22(23(26)32)24(30-21)28-17-7-11-20(12-8-17)37(2,34)35/h5-12,14,18H,3-4,13,15H2,1-2H3,(H2,26,32)(H,28,30)(H,29,33). The number of piperidine rings is 1. The quantitative estimate of drug-likeness (QED) is 0.402. The van der Waals surface area contributed by atoms with Crippen LogP contribution in [0.15, 0.2) is 59.6 Å². The Kier molecular flexibility index (Phi) is 7.58. The summed E-state index contributed by atoms with van der Waals surface area (Å²) in [5.41, 5.74) is 6.51. The van der Waals surface area contributed by atoms with Gasteiger partial charge in [0.25, 0.3) is 11.8 Å².